The lowest BCUT2D eigenvalue weighted by molar-refractivity contribution is -0.987. The molecule has 2 rings (SSSR count). The molecule has 0 aliphatic carbocycles. The molecule has 0 N–H and O–H groups in total. The van der Waals surface area contributed by atoms with Gasteiger partial charge in [0, 0.05) is 0 Å². The van der Waals surface area contributed by atoms with Crippen molar-refractivity contribution in [2.75, 3.05) is 0 Å². The van der Waals surface area contributed by atoms with Crippen LogP contribution in [0.2, 0.25) is 0 Å². The molecular weight excluding hydrogens is 460 g/mol. The highest BCUT2D eigenvalue weighted by atomic mass is 16.7. The average Bonchev–Trinajstić information content (AvgIpc) is 2.68. The van der Waals surface area contributed by atoms with Crippen LogP contribution < -0.4 is 0 Å². The minimum Gasteiger partial charge on any atom is -0.252 e. The van der Waals surface area contributed by atoms with Crippen LogP contribution in [0.25, 0.3) is 11.4 Å². The van der Waals surface area contributed by atoms with Gasteiger partial charge in [0.05, 0.1) is 0 Å². The van der Waals surface area contributed by atoms with E-state index in [0.29, 0.717) is 0 Å². The van der Waals surface area contributed by atoms with Crippen molar-refractivity contribution in [1.82, 2.24) is 41.2 Å². The van der Waals surface area contributed by atoms with Crippen LogP contribution in [0.5, 0.6) is 0 Å². The fourth-order valence-electron chi connectivity index (χ4n) is 2.14. The zero-order valence-corrected chi connectivity index (χ0v) is 14.2. The Morgan fingerprint density at radius 2 is 0.656 bits per heavy atom. The van der Waals surface area contributed by atoms with E-state index in [4.69, 9.17) is 0 Å². The quantitative estimate of drug-likeness (QED) is 0.198. The molecule has 0 saturated heterocycles. The van der Waals surface area contributed by atoms with Crippen molar-refractivity contribution in [3.8, 4) is 11.4 Å². The van der Waals surface area contributed by atoms with Gasteiger partial charge in [-0.1, -0.05) is 0 Å². The van der Waals surface area contributed by atoms with Gasteiger partial charge in [0.2, 0.25) is 0 Å². The number of nitro groups is 6. The molecule has 0 amide bonds. The Hall–Kier alpha value is -5.72. The van der Waals surface area contributed by atoms with Gasteiger partial charge in [0.1, 0.15) is 0 Å². The average molecular weight is 460 g/mol. The summed E-state index contributed by atoms with van der Waals surface area (Å²) in [5.74, 6) is -9.22. The van der Waals surface area contributed by atoms with Gasteiger partial charge in [0.25, 0.3) is 0 Å². The van der Waals surface area contributed by atoms with Crippen LogP contribution in [0.4, 0.5) is 0 Å². The van der Waals surface area contributed by atoms with Gasteiger partial charge >= 0.3 is 23.0 Å². The standard InChI is InChI=1S/C6N14O12/c21-15(22)5(16(23)24,17(25)26)3-1(7-11-13-9-3)2-4(10-14-12-8-2)6(18(27)28,19(29)30)20(31)32. The van der Waals surface area contributed by atoms with Crippen molar-refractivity contribution in [2.24, 2.45) is 0 Å². The zero-order chi connectivity index (χ0) is 24.4. The Kier molecular flexibility index (Phi) is 5.36. The van der Waals surface area contributed by atoms with E-state index in [9.17, 15) is 60.7 Å². The van der Waals surface area contributed by atoms with Gasteiger partial charge in [-0.3, -0.25) is 60.7 Å². The molecule has 26 heteroatoms. The second-order valence-electron chi connectivity index (χ2n) is 4.97. The fourth-order valence-corrected chi connectivity index (χ4v) is 2.14. The summed E-state index contributed by atoms with van der Waals surface area (Å²) in [7, 11) is 0. The molecule has 2 heterocycles. The van der Waals surface area contributed by atoms with Crippen LogP contribution in [0.1, 0.15) is 11.4 Å². The topological polar surface area (TPSA) is 362 Å². The monoisotopic (exact) mass is 460 g/mol. The number of hydrogen-bond acceptors (Lipinski definition) is 20. The second-order valence-corrected chi connectivity index (χ2v) is 4.97. The molecule has 2 aromatic heterocycles. The summed E-state index contributed by atoms with van der Waals surface area (Å²) in [6.07, 6.45) is 0. The highest BCUT2D eigenvalue weighted by molar-refractivity contribution is 5.59. The van der Waals surface area contributed by atoms with E-state index < -0.39 is 63.9 Å². The van der Waals surface area contributed by atoms with E-state index in [1.54, 1.807) is 0 Å². The summed E-state index contributed by atoms with van der Waals surface area (Å²) in [5, 5.41) is 90.2. The molecule has 2 aromatic rings. The number of rotatable bonds is 9. The van der Waals surface area contributed by atoms with Crippen LogP contribution in [-0.2, 0) is 11.6 Å². The van der Waals surface area contributed by atoms with Crippen molar-refractivity contribution in [2.45, 2.75) is 11.6 Å². The number of hydrogen-bond donors (Lipinski definition) is 0. The fraction of sp³-hybridized carbons (Fsp3) is 0.333. The minimum atomic E-state index is -4.61. The second kappa shape index (κ2) is 7.60. The van der Waals surface area contributed by atoms with E-state index >= 15 is 0 Å². The molecular formula is C6N14O12. The first kappa shape index (κ1) is 22.6. The van der Waals surface area contributed by atoms with E-state index in [2.05, 4.69) is 41.2 Å². The van der Waals surface area contributed by atoms with E-state index in [1.807, 2.05) is 0 Å². The Labute approximate surface area is 167 Å². The van der Waals surface area contributed by atoms with E-state index in [-0.39, 0.29) is 0 Å². The van der Waals surface area contributed by atoms with Gasteiger partial charge < -0.3 is 0 Å². The molecule has 0 unspecified atom stereocenters. The Balaban J connectivity index is 3.10. The summed E-state index contributed by atoms with van der Waals surface area (Å²) in [4.78, 5) is 55.3. The molecule has 32 heavy (non-hydrogen) atoms. The first-order valence-electron chi connectivity index (χ1n) is 6.88. The lowest BCUT2D eigenvalue weighted by atomic mass is 10.1. The lowest BCUT2D eigenvalue weighted by Gasteiger charge is -2.11. The summed E-state index contributed by atoms with van der Waals surface area (Å²) in [5.41, 5.74) is -7.12. The Bertz CT molecular complexity index is 1020. The van der Waals surface area contributed by atoms with Gasteiger partial charge in [-0.15, -0.1) is 20.4 Å². The first-order chi connectivity index (χ1) is 14.9. The van der Waals surface area contributed by atoms with Gasteiger partial charge in [-0.2, -0.15) is 0 Å². The largest absolute Gasteiger partial charge is 0.749 e. The van der Waals surface area contributed by atoms with Crippen molar-refractivity contribution >= 4 is 0 Å². The van der Waals surface area contributed by atoms with Crippen LogP contribution in [-0.4, -0.2) is 70.8 Å². The third kappa shape index (κ3) is 2.82. The smallest absolute Gasteiger partial charge is 0.252 e. The Morgan fingerprint density at radius 1 is 0.438 bits per heavy atom. The Morgan fingerprint density at radius 3 is 0.875 bits per heavy atom. The molecule has 166 valence electrons. The molecule has 0 saturated carbocycles. The highest BCUT2D eigenvalue weighted by Crippen LogP contribution is 2.35. The summed E-state index contributed by atoms with van der Waals surface area (Å²) < 4.78 is 0. The normalized spacial score (nSPS) is 11.4. The molecule has 0 radical (unpaired) electrons. The predicted octanol–water partition coefficient (Wildman–Crippen LogP) is -3.61. The molecule has 0 atom stereocenters. The molecule has 0 spiro atoms. The van der Waals surface area contributed by atoms with Gasteiger partial charge in [0.15, 0.2) is 40.9 Å². The summed E-state index contributed by atoms with van der Waals surface area (Å²) >= 11 is 0. The third-order valence-electron chi connectivity index (χ3n) is 3.49. The lowest BCUT2D eigenvalue weighted by Crippen LogP contribution is -2.52. The highest BCUT2D eigenvalue weighted by Gasteiger charge is 2.79. The van der Waals surface area contributed by atoms with Crippen LogP contribution in [0, 0.1) is 60.7 Å². The molecule has 0 aromatic carbocycles. The third-order valence-corrected chi connectivity index (χ3v) is 3.49. The maximum absolute atomic E-state index is 11.3. The van der Waals surface area contributed by atoms with E-state index in [0.717, 1.165) is 0 Å². The molecule has 0 fully saturated rings. The SMILES string of the molecule is O=[N+]([O-])C(c1nnnnc1-c1nnnnc1C([N+](=O)[O-])([N+](=O)[O-])[N+](=O)[O-])([N+](=O)[O-])[N+](=O)[O-]. The minimum absolute atomic E-state index is 1.61. The molecule has 26 nitrogen and oxygen atoms in total. The van der Waals surface area contributed by atoms with Gasteiger partial charge in [-0.25, -0.2) is 0 Å². The van der Waals surface area contributed by atoms with E-state index in [1.165, 1.54) is 0 Å². The van der Waals surface area contributed by atoms with Crippen molar-refractivity contribution in [3.05, 3.63) is 72.1 Å². The number of aromatic nitrogens is 8. The van der Waals surface area contributed by atoms with Crippen LogP contribution in [0.3, 0.4) is 0 Å². The summed E-state index contributed by atoms with van der Waals surface area (Å²) in [6.45, 7) is 0. The zero-order valence-electron chi connectivity index (χ0n) is 14.2. The van der Waals surface area contributed by atoms with Crippen LogP contribution in [0.15, 0.2) is 0 Å². The molecule has 0 aliphatic rings. The maximum Gasteiger partial charge on any atom is 0.749 e. The van der Waals surface area contributed by atoms with Crippen molar-refractivity contribution in [1.29, 1.82) is 0 Å². The first-order valence-corrected chi connectivity index (χ1v) is 6.88. The predicted molar refractivity (Wildman–Crippen MR) is 79.6 cm³/mol. The van der Waals surface area contributed by atoms with Crippen LogP contribution >= 0.6 is 0 Å². The molecule has 0 bridgehead atoms. The van der Waals surface area contributed by atoms with Gasteiger partial charge in [-0.05, 0) is 20.9 Å². The summed E-state index contributed by atoms with van der Waals surface area (Å²) in [6, 6.07) is 0. The van der Waals surface area contributed by atoms with Crippen molar-refractivity contribution in [3.63, 3.8) is 0 Å². The maximum atomic E-state index is 11.3. The van der Waals surface area contributed by atoms with Crippen molar-refractivity contribution < 1.29 is 29.5 Å². The molecule has 0 aliphatic heterocycles. The number of nitrogens with zero attached hydrogens (tertiary/aromatic N) is 14.